The molecule has 0 saturated heterocycles. The van der Waals surface area contributed by atoms with E-state index in [1.54, 1.807) is 6.26 Å². The van der Waals surface area contributed by atoms with E-state index in [2.05, 4.69) is 5.16 Å². The topological polar surface area (TPSA) is 52.0 Å². The number of aryl methyl sites for hydroxylation is 1. The van der Waals surface area contributed by atoms with Crippen LogP contribution in [0.2, 0.25) is 0 Å². The molecular weight excluding hydrogens is 128 g/mol. The number of nitrogens with zero attached hydrogens (tertiary/aromatic N) is 1. The van der Waals surface area contributed by atoms with Gasteiger partial charge in [-0.3, -0.25) is 0 Å². The monoisotopic (exact) mass is 138 g/mol. The van der Waals surface area contributed by atoms with Crippen LogP contribution in [0, 0.1) is 0 Å². The van der Waals surface area contributed by atoms with E-state index in [-0.39, 0.29) is 0 Å². The maximum Gasteiger partial charge on any atom is 0.127 e. The second-order valence-corrected chi connectivity index (χ2v) is 2.70. The summed E-state index contributed by atoms with van der Waals surface area (Å²) in [5, 5.41) is 3.89. The van der Waals surface area contributed by atoms with Crippen molar-refractivity contribution in [3.05, 3.63) is 17.5 Å². The maximum atomic E-state index is 5.53. The highest BCUT2D eigenvalue weighted by Crippen LogP contribution is 2.30. The molecule has 1 aliphatic rings. The fourth-order valence-corrected chi connectivity index (χ4v) is 1.49. The molecule has 1 heterocycles. The lowest BCUT2D eigenvalue weighted by atomic mass is 10.1. The molecule has 54 valence electrons. The van der Waals surface area contributed by atoms with Crippen molar-refractivity contribution in [1.82, 2.24) is 5.16 Å². The summed E-state index contributed by atoms with van der Waals surface area (Å²) < 4.78 is 4.81. The van der Waals surface area contributed by atoms with Crippen molar-refractivity contribution in [3.8, 4) is 0 Å². The van der Waals surface area contributed by atoms with Gasteiger partial charge in [0.2, 0.25) is 0 Å². The molecule has 2 rings (SSSR count). The lowest BCUT2D eigenvalue weighted by Gasteiger charge is -2.00. The number of aromatic nitrogens is 1. The van der Waals surface area contributed by atoms with Crippen LogP contribution in [0.25, 0.3) is 0 Å². The lowest BCUT2D eigenvalue weighted by Crippen LogP contribution is -2.09. The second-order valence-electron chi connectivity index (χ2n) is 2.70. The number of hydrogen-bond donors (Lipinski definition) is 1. The van der Waals surface area contributed by atoms with E-state index in [1.807, 2.05) is 0 Å². The zero-order valence-electron chi connectivity index (χ0n) is 5.71. The Morgan fingerprint density at radius 1 is 1.80 bits per heavy atom. The summed E-state index contributed by atoms with van der Waals surface area (Å²) in [4.78, 5) is 0. The lowest BCUT2D eigenvalue weighted by molar-refractivity contribution is 0.400. The molecule has 1 aromatic heterocycles. The van der Waals surface area contributed by atoms with Gasteiger partial charge in [-0.25, -0.2) is 0 Å². The van der Waals surface area contributed by atoms with Crippen molar-refractivity contribution >= 4 is 0 Å². The van der Waals surface area contributed by atoms with E-state index in [0.29, 0.717) is 12.5 Å². The first-order valence-corrected chi connectivity index (χ1v) is 3.55. The minimum absolute atomic E-state index is 0.453. The fourth-order valence-electron chi connectivity index (χ4n) is 1.49. The highest BCUT2D eigenvalue weighted by atomic mass is 16.5. The third-order valence-electron chi connectivity index (χ3n) is 2.11. The summed E-state index contributed by atoms with van der Waals surface area (Å²) in [6, 6.07) is 0. The van der Waals surface area contributed by atoms with E-state index < -0.39 is 0 Å². The van der Waals surface area contributed by atoms with Crippen molar-refractivity contribution in [3.63, 3.8) is 0 Å². The minimum Gasteiger partial charge on any atom is -0.364 e. The van der Waals surface area contributed by atoms with Gasteiger partial charge in [0.15, 0.2) is 0 Å². The van der Waals surface area contributed by atoms with Crippen LogP contribution in [0.15, 0.2) is 10.8 Å². The first-order valence-electron chi connectivity index (χ1n) is 3.55. The summed E-state index contributed by atoms with van der Waals surface area (Å²) in [7, 11) is 0. The van der Waals surface area contributed by atoms with Gasteiger partial charge < -0.3 is 10.3 Å². The Bertz CT molecular complexity index is 231. The Morgan fingerprint density at radius 3 is 3.50 bits per heavy atom. The number of rotatable bonds is 1. The van der Waals surface area contributed by atoms with Crippen LogP contribution in [0.3, 0.4) is 0 Å². The quantitative estimate of drug-likeness (QED) is 0.620. The van der Waals surface area contributed by atoms with Crippen molar-refractivity contribution < 1.29 is 4.52 Å². The average Bonchev–Trinajstić information content (AvgIpc) is 2.44. The van der Waals surface area contributed by atoms with Crippen LogP contribution >= 0.6 is 0 Å². The highest BCUT2D eigenvalue weighted by Gasteiger charge is 2.24. The molecule has 1 aromatic rings. The van der Waals surface area contributed by atoms with E-state index in [9.17, 15) is 0 Å². The molecular formula is C7H10N2O. The molecule has 1 atom stereocenters. The number of fused-ring (bicyclic) bond motifs is 1. The predicted molar refractivity (Wildman–Crippen MR) is 36.6 cm³/mol. The summed E-state index contributed by atoms with van der Waals surface area (Å²) in [6.07, 6.45) is 3.95. The normalized spacial score (nSPS) is 23.1. The van der Waals surface area contributed by atoms with Crippen LogP contribution in [-0.4, -0.2) is 11.7 Å². The third-order valence-corrected chi connectivity index (χ3v) is 2.11. The highest BCUT2D eigenvalue weighted by molar-refractivity contribution is 5.25. The molecule has 10 heavy (non-hydrogen) atoms. The standard InChI is InChI=1S/C7H10N2O/c8-3-5-1-2-6-4-10-9-7(5)6/h4-5H,1-3,8H2. The van der Waals surface area contributed by atoms with Gasteiger partial charge in [-0.2, -0.15) is 0 Å². The summed E-state index contributed by atoms with van der Waals surface area (Å²) >= 11 is 0. The minimum atomic E-state index is 0.453. The largest absolute Gasteiger partial charge is 0.364 e. The van der Waals surface area contributed by atoms with Crippen LogP contribution in [0.4, 0.5) is 0 Å². The maximum absolute atomic E-state index is 5.53. The summed E-state index contributed by atoms with van der Waals surface area (Å²) in [5.41, 5.74) is 7.86. The summed E-state index contributed by atoms with van der Waals surface area (Å²) in [6.45, 7) is 0.694. The fraction of sp³-hybridized carbons (Fsp3) is 0.571. The molecule has 3 nitrogen and oxygen atoms in total. The van der Waals surface area contributed by atoms with Crippen LogP contribution in [0.1, 0.15) is 23.6 Å². The Hall–Kier alpha value is -0.830. The number of nitrogens with two attached hydrogens (primary N) is 1. The van der Waals surface area contributed by atoms with Crippen LogP contribution < -0.4 is 5.73 Å². The van der Waals surface area contributed by atoms with Crippen molar-refractivity contribution in [2.45, 2.75) is 18.8 Å². The molecule has 0 saturated carbocycles. The molecule has 0 aromatic carbocycles. The van der Waals surface area contributed by atoms with E-state index in [4.69, 9.17) is 10.3 Å². The van der Waals surface area contributed by atoms with Gasteiger partial charge >= 0.3 is 0 Å². The first kappa shape index (κ1) is 5.92. The van der Waals surface area contributed by atoms with Gasteiger partial charge in [0.1, 0.15) is 6.26 Å². The Kier molecular flexibility index (Phi) is 1.24. The molecule has 0 spiro atoms. The third kappa shape index (κ3) is 0.671. The van der Waals surface area contributed by atoms with Crippen molar-refractivity contribution in [2.75, 3.05) is 6.54 Å². The van der Waals surface area contributed by atoms with Gasteiger partial charge in [-0.15, -0.1) is 0 Å². The molecule has 0 amide bonds. The van der Waals surface area contributed by atoms with E-state index in [0.717, 1.165) is 18.5 Å². The average molecular weight is 138 g/mol. The van der Waals surface area contributed by atoms with Gasteiger partial charge in [-0.05, 0) is 12.8 Å². The molecule has 0 radical (unpaired) electrons. The van der Waals surface area contributed by atoms with Gasteiger partial charge in [0.05, 0.1) is 5.69 Å². The van der Waals surface area contributed by atoms with Gasteiger partial charge in [0.25, 0.3) is 0 Å². The molecule has 0 bridgehead atoms. The van der Waals surface area contributed by atoms with E-state index in [1.165, 1.54) is 5.56 Å². The van der Waals surface area contributed by atoms with Crippen molar-refractivity contribution in [2.24, 2.45) is 5.73 Å². The Labute approximate surface area is 59.2 Å². The molecule has 0 aliphatic heterocycles. The van der Waals surface area contributed by atoms with Gasteiger partial charge in [-0.1, -0.05) is 5.16 Å². The molecule has 2 N–H and O–H groups in total. The molecule has 1 aliphatic carbocycles. The molecule has 3 heteroatoms. The van der Waals surface area contributed by atoms with Crippen LogP contribution in [0.5, 0.6) is 0 Å². The smallest absolute Gasteiger partial charge is 0.127 e. The van der Waals surface area contributed by atoms with Crippen molar-refractivity contribution in [1.29, 1.82) is 0 Å². The SMILES string of the molecule is NCC1CCc2conc21. The molecule has 0 fully saturated rings. The number of hydrogen-bond acceptors (Lipinski definition) is 3. The van der Waals surface area contributed by atoms with Crippen LogP contribution in [-0.2, 0) is 6.42 Å². The Morgan fingerprint density at radius 2 is 2.70 bits per heavy atom. The van der Waals surface area contributed by atoms with E-state index >= 15 is 0 Å². The first-order chi connectivity index (χ1) is 4.92. The van der Waals surface area contributed by atoms with Gasteiger partial charge in [0, 0.05) is 18.0 Å². The zero-order chi connectivity index (χ0) is 6.97. The second kappa shape index (κ2) is 2.09. The zero-order valence-corrected chi connectivity index (χ0v) is 5.71. The molecule has 1 unspecified atom stereocenters. The summed E-state index contributed by atoms with van der Waals surface area (Å²) in [5.74, 6) is 0.453. The Balaban J connectivity index is 2.34. The predicted octanol–water partition coefficient (Wildman–Crippen LogP) is 0.663.